The molecule has 2 heterocycles. The van der Waals surface area contributed by atoms with E-state index >= 15 is 0 Å². The minimum atomic E-state index is -0.497. The van der Waals surface area contributed by atoms with Crippen molar-refractivity contribution in [1.82, 2.24) is 9.80 Å². The number of halogens is 1. The number of anilines is 1. The molecule has 0 aromatic heterocycles. The molecule has 0 aliphatic carbocycles. The molecule has 1 aromatic carbocycles. The third kappa shape index (κ3) is 4.34. The normalized spacial score (nSPS) is 22.0. The van der Waals surface area contributed by atoms with E-state index in [2.05, 4.69) is 16.4 Å². The van der Waals surface area contributed by atoms with Gasteiger partial charge in [-0.25, -0.2) is 4.39 Å². The lowest BCUT2D eigenvalue weighted by Gasteiger charge is -2.45. The summed E-state index contributed by atoms with van der Waals surface area (Å²) in [5, 5.41) is 0. The summed E-state index contributed by atoms with van der Waals surface area (Å²) in [6.07, 6.45) is 2.20. The maximum atomic E-state index is 13.1. The lowest BCUT2D eigenvalue weighted by molar-refractivity contribution is -0.140. The molecule has 0 N–H and O–H groups in total. The molecule has 5 heteroatoms. The molecule has 2 fully saturated rings. The zero-order chi connectivity index (χ0) is 19.6. The van der Waals surface area contributed by atoms with Gasteiger partial charge in [0.2, 0.25) is 5.91 Å². The van der Waals surface area contributed by atoms with Crippen LogP contribution in [0.1, 0.15) is 33.6 Å². The number of rotatable bonds is 4. The van der Waals surface area contributed by atoms with Crippen molar-refractivity contribution >= 4 is 11.6 Å². The van der Waals surface area contributed by atoms with Gasteiger partial charge in [-0.2, -0.15) is 0 Å². The number of carbonyl (C=O) groups is 1. The van der Waals surface area contributed by atoms with Gasteiger partial charge in [0.25, 0.3) is 0 Å². The Kier molecular flexibility index (Phi) is 5.89. The van der Waals surface area contributed by atoms with Crippen molar-refractivity contribution in [3.05, 3.63) is 42.2 Å². The van der Waals surface area contributed by atoms with Gasteiger partial charge in [-0.05, 0) is 57.9 Å². The van der Waals surface area contributed by atoms with E-state index in [1.54, 1.807) is 0 Å². The Labute approximate surface area is 162 Å². The molecule has 1 amide bonds. The Morgan fingerprint density at radius 3 is 2.33 bits per heavy atom. The molecule has 0 radical (unpaired) electrons. The third-order valence-corrected chi connectivity index (χ3v) is 6.31. The molecular weight excluding hydrogens is 341 g/mol. The largest absolute Gasteiger partial charge is 0.369 e. The highest BCUT2D eigenvalue weighted by atomic mass is 19.1. The van der Waals surface area contributed by atoms with Crippen molar-refractivity contribution in [2.24, 2.45) is 5.41 Å². The summed E-state index contributed by atoms with van der Waals surface area (Å²) < 4.78 is 13.1. The zero-order valence-corrected chi connectivity index (χ0v) is 16.9. The van der Waals surface area contributed by atoms with Crippen LogP contribution in [-0.2, 0) is 4.79 Å². The molecule has 0 saturated carbocycles. The molecule has 4 nitrogen and oxygen atoms in total. The number of amides is 1. The third-order valence-electron chi connectivity index (χ3n) is 6.31. The Bertz CT molecular complexity index is 677. The summed E-state index contributed by atoms with van der Waals surface area (Å²) in [5.74, 6) is 0.00619. The second-order valence-corrected chi connectivity index (χ2v) is 8.45. The van der Waals surface area contributed by atoms with E-state index < -0.39 is 5.41 Å². The van der Waals surface area contributed by atoms with Crippen molar-refractivity contribution in [2.75, 3.05) is 44.2 Å². The smallest absolute Gasteiger partial charge is 0.232 e. The van der Waals surface area contributed by atoms with Gasteiger partial charge >= 0.3 is 0 Å². The molecule has 27 heavy (non-hydrogen) atoms. The fraction of sp³-hybridized carbons (Fsp3) is 0.591. The molecule has 0 unspecified atom stereocenters. The van der Waals surface area contributed by atoms with Crippen LogP contribution in [0, 0.1) is 11.2 Å². The van der Waals surface area contributed by atoms with E-state index in [9.17, 15) is 9.18 Å². The highest BCUT2D eigenvalue weighted by Gasteiger charge is 2.36. The number of nitrogens with zero attached hydrogens (tertiary/aromatic N) is 3. The average Bonchev–Trinajstić information content (AvgIpc) is 2.68. The Morgan fingerprint density at radius 1 is 1.11 bits per heavy atom. The van der Waals surface area contributed by atoms with Gasteiger partial charge in [0.05, 0.1) is 5.41 Å². The van der Waals surface area contributed by atoms with Crippen LogP contribution < -0.4 is 4.90 Å². The molecular formula is C22H32FN3O. The van der Waals surface area contributed by atoms with E-state index in [4.69, 9.17) is 0 Å². The van der Waals surface area contributed by atoms with E-state index in [0.29, 0.717) is 6.04 Å². The van der Waals surface area contributed by atoms with Crippen LogP contribution in [0.15, 0.2) is 36.4 Å². The topological polar surface area (TPSA) is 26.8 Å². The maximum absolute atomic E-state index is 13.1. The Balaban J connectivity index is 1.57. The number of benzene rings is 1. The monoisotopic (exact) mass is 373 g/mol. The molecule has 0 bridgehead atoms. The van der Waals surface area contributed by atoms with Crippen LogP contribution in [0.25, 0.3) is 0 Å². The SMILES string of the molecule is C=C(C)C(C)(C)C(=O)N1CCC[C@@H](N2CCN(c3ccc(F)cc3)CC2)C1. The second-order valence-electron chi connectivity index (χ2n) is 8.45. The second kappa shape index (κ2) is 8.01. The number of carbonyl (C=O) groups excluding carboxylic acids is 1. The summed E-state index contributed by atoms with van der Waals surface area (Å²) in [5.41, 5.74) is 1.51. The quantitative estimate of drug-likeness (QED) is 0.756. The van der Waals surface area contributed by atoms with Crippen LogP contribution in [0.3, 0.4) is 0 Å². The van der Waals surface area contributed by atoms with E-state index in [1.165, 1.54) is 12.1 Å². The molecule has 1 aromatic rings. The van der Waals surface area contributed by atoms with Crippen molar-refractivity contribution in [2.45, 2.75) is 39.7 Å². The first-order valence-corrected chi connectivity index (χ1v) is 9.99. The van der Waals surface area contributed by atoms with Crippen LogP contribution in [0.5, 0.6) is 0 Å². The Morgan fingerprint density at radius 2 is 1.74 bits per heavy atom. The highest BCUT2D eigenvalue weighted by molar-refractivity contribution is 5.85. The van der Waals surface area contributed by atoms with Crippen LogP contribution >= 0.6 is 0 Å². The van der Waals surface area contributed by atoms with Gasteiger partial charge in [-0.3, -0.25) is 9.69 Å². The minimum absolute atomic E-state index is 0.193. The van der Waals surface area contributed by atoms with Crippen molar-refractivity contribution < 1.29 is 9.18 Å². The van der Waals surface area contributed by atoms with Crippen LogP contribution in [0.4, 0.5) is 10.1 Å². The molecule has 2 aliphatic heterocycles. The summed E-state index contributed by atoms with van der Waals surface area (Å²) in [4.78, 5) is 19.8. The fourth-order valence-corrected chi connectivity index (χ4v) is 4.01. The van der Waals surface area contributed by atoms with E-state index in [1.807, 2.05) is 37.8 Å². The predicted octanol–water partition coefficient (Wildman–Crippen LogP) is 3.54. The number of piperidine rings is 1. The molecule has 2 saturated heterocycles. The van der Waals surface area contributed by atoms with Crippen molar-refractivity contribution in [3.63, 3.8) is 0 Å². The van der Waals surface area contributed by atoms with Gasteiger partial charge in [0, 0.05) is 51.0 Å². The van der Waals surface area contributed by atoms with Crippen LogP contribution in [0.2, 0.25) is 0 Å². The minimum Gasteiger partial charge on any atom is -0.369 e. The first-order valence-electron chi connectivity index (χ1n) is 9.99. The van der Waals surface area contributed by atoms with Crippen molar-refractivity contribution in [3.8, 4) is 0 Å². The number of hydrogen-bond donors (Lipinski definition) is 0. The molecule has 1 atom stereocenters. The summed E-state index contributed by atoms with van der Waals surface area (Å²) in [6.45, 7) is 15.4. The maximum Gasteiger partial charge on any atom is 0.232 e. The van der Waals surface area contributed by atoms with Crippen molar-refractivity contribution in [1.29, 1.82) is 0 Å². The fourth-order valence-electron chi connectivity index (χ4n) is 4.01. The highest BCUT2D eigenvalue weighted by Crippen LogP contribution is 2.29. The first kappa shape index (κ1) is 19.9. The molecule has 0 spiro atoms. The Hall–Kier alpha value is -1.88. The predicted molar refractivity (Wildman–Crippen MR) is 108 cm³/mol. The van der Waals surface area contributed by atoms with Gasteiger partial charge in [-0.1, -0.05) is 12.2 Å². The average molecular weight is 374 g/mol. The van der Waals surface area contributed by atoms with Gasteiger partial charge in [0.1, 0.15) is 5.82 Å². The number of hydrogen-bond acceptors (Lipinski definition) is 3. The summed E-state index contributed by atoms with van der Waals surface area (Å²) in [7, 11) is 0. The standard InChI is InChI=1S/C22H32FN3O/c1-17(2)22(3,4)21(27)26-11-5-6-20(16-26)25-14-12-24(13-15-25)19-9-7-18(23)8-10-19/h7-10,20H,1,5-6,11-16H2,2-4H3/t20-/m1/s1. The summed E-state index contributed by atoms with van der Waals surface area (Å²) in [6, 6.07) is 7.18. The van der Waals surface area contributed by atoms with Gasteiger partial charge in [0.15, 0.2) is 0 Å². The lowest BCUT2D eigenvalue weighted by atomic mass is 9.84. The van der Waals surface area contributed by atoms with Gasteiger partial charge < -0.3 is 9.80 Å². The lowest BCUT2D eigenvalue weighted by Crippen LogP contribution is -2.57. The van der Waals surface area contributed by atoms with E-state index in [-0.39, 0.29) is 11.7 Å². The zero-order valence-electron chi connectivity index (χ0n) is 16.9. The summed E-state index contributed by atoms with van der Waals surface area (Å²) >= 11 is 0. The molecule has 148 valence electrons. The van der Waals surface area contributed by atoms with Crippen LogP contribution in [-0.4, -0.2) is 61.0 Å². The van der Waals surface area contributed by atoms with Gasteiger partial charge in [-0.15, -0.1) is 0 Å². The molecule has 2 aliphatic rings. The van der Waals surface area contributed by atoms with E-state index in [0.717, 1.165) is 63.4 Å². The molecule has 3 rings (SSSR count). The number of likely N-dealkylation sites (tertiary alicyclic amines) is 1. The first-order chi connectivity index (χ1) is 12.8. The number of piperazine rings is 1.